The molecule has 0 saturated heterocycles. The molecule has 0 spiro atoms. The predicted octanol–water partition coefficient (Wildman–Crippen LogP) is 3.23. The van der Waals surface area contributed by atoms with Gasteiger partial charge < -0.3 is 20.5 Å². The van der Waals surface area contributed by atoms with Gasteiger partial charge in [0, 0.05) is 12.6 Å². The largest absolute Gasteiger partial charge is 0.494 e. The number of ether oxygens (including phenoxy) is 1. The van der Waals surface area contributed by atoms with Gasteiger partial charge in [0.2, 0.25) is 0 Å². The van der Waals surface area contributed by atoms with Crippen LogP contribution in [-0.2, 0) is 11.3 Å². The molecule has 25 heavy (non-hydrogen) atoms. The maximum atomic E-state index is 12.1. The van der Waals surface area contributed by atoms with Crippen molar-refractivity contribution in [3.8, 4) is 5.75 Å². The van der Waals surface area contributed by atoms with E-state index in [0.29, 0.717) is 38.8 Å². The van der Waals surface area contributed by atoms with E-state index in [-0.39, 0.29) is 18.0 Å². The van der Waals surface area contributed by atoms with Gasteiger partial charge >= 0.3 is 12.0 Å². The van der Waals surface area contributed by atoms with Crippen molar-refractivity contribution in [1.82, 2.24) is 10.6 Å². The average Bonchev–Trinajstić information content (AvgIpc) is 2.59. The van der Waals surface area contributed by atoms with Crippen molar-refractivity contribution < 1.29 is 19.4 Å². The van der Waals surface area contributed by atoms with Crippen LogP contribution in [0, 0.1) is 12.8 Å². The van der Waals surface area contributed by atoms with Crippen molar-refractivity contribution in [1.29, 1.82) is 0 Å². The van der Waals surface area contributed by atoms with Gasteiger partial charge in [0.1, 0.15) is 5.75 Å². The molecular weight excluding hydrogens is 320 g/mol. The van der Waals surface area contributed by atoms with Crippen LogP contribution in [0.1, 0.15) is 50.2 Å². The first-order chi connectivity index (χ1) is 12.0. The molecule has 138 valence electrons. The van der Waals surface area contributed by atoms with Crippen molar-refractivity contribution in [3.63, 3.8) is 0 Å². The van der Waals surface area contributed by atoms with Gasteiger partial charge in [-0.25, -0.2) is 4.79 Å². The fourth-order valence-corrected chi connectivity index (χ4v) is 3.07. The Labute approximate surface area is 149 Å². The van der Waals surface area contributed by atoms with Crippen molar-refractivity contribution in [2.24, 2.45) is 5.92 Å². The van der Waals surface area contributed by atoms with E-state index in [1.54, 1.807) is 0 Å². The smallest absolute Gasteiger partial charge is 0.315 e. The number of aryl methyl sites for hydroxylation is 1. The summed E-state index contributed by atoms with van der Waals surface area (Å²) in [5, 5.41) is 14.8. The lowest BCUT2D eigenvalue weighted by Gasteiger charge is -2.26. The fourth-order valence-electron chi connectivity index (χ4n) is 3.07. The normalized spacial score (nSPS) is 19.9. The van der Waals surface area contributed by atoms with Crippen molar-refractivity contribution in [3.05, 3.63) is 29.3 Å². The minimum absolute atomic E-state index is 0.0570. The Kier molecular flexibility index (Phi) is 7.10. The third kappa shape index (κ3) is 5.96. The number of aliphatic carboxylic acids is 1. The van der Waals surface area contributed by atoms with E-state index in [9.17, 15) is 9.59 Å². The number of benzene rings is 1. The summed E-state index contributed by atoms with van der Waals surface area (Å²) in [6.45, 7) is 5.22. The Hall–Kier alpha value is -2.24. The Bertz CT molecular complexity index is 595. The van der Waals surface area contributed by atoms with E-state index in [1.807, 2.05) is 25.1 Å². The molecule has 0 radical (unpaired) electrons. The fraction of sp³-hybridized carbons (Fsp3) is 0.579. The summed E-state index contributed by atoms with van der Waals surface area (Å²) in [5.74, 6) is -0.148. The highest BCUT2D eigenvalue weighted by Crippen LogP contribution is 2.24. The lowest BCUT2D eigenvalue weighted by molar-refractivity contribution is -0.142. The quantitative estimate of drug-likeness (QED) is 0.706. The highest BCUT2D eigenvalue weighted by molar-refractivity contribution is 5.74. The zero-order valence-electron chi connectivity index (χ0n) is 15.0. The van der Waals surface area contributed by atoms with Gasteiger partial charge in [-0.15, -0.1) is 0 Å². The van der Waals surface area contributed by atoms with Crippen LogP contribution in [0.15, 0.2) is 18.2 Å². The highest BCUT2D eigenvalue weighted by atomic mass is 16.5. The van der Waals surface area contributed by atoms with Crippen LogP contribution >= 0.6 is 0 Å². The second kappa shape index (κ2) is 9.30. The summed E-state index contributed by atoms with van der Waals surface area (Å²) in [4.78, 5) is 23.0. The number of amides is 2. The minimum Gasteiger partial charge on any atom is -0.494 e. The van der Waals surface area contributed by atoms with Crippen LogP contribution in [0.5, 0.6) is 5.75 Å². The minimum atomic E-state index is -0.732. The van der Waals surface area contributed by atoms with Crippen LogP contribution in [0.2, 0.25) is 0 Å². The van der Waals surface area contributed by atoms with Crippen LogP contribution in [0.3, 0.4) is 0 Å². The molecule has 1 aromatic rings. The summed E-state index contributed by atoms with van der Waals surface area (Å²) in [6, 6.07) is 5.73. The lowest BCUT2D eigenvalue weighted by Crippen LogP contribution is -2.43. The van der Waals surface area contributed by atoms with Gasteiger partial charge in [0.25, 0.3) is 0 Å². The van der Waals surface area contributed by atoms with Crippen LogP contribution in [-0.4, -0.2) is 29.8 Å². The van der Waals surface area contributed by atoms with Gasteiger partial charge in [0.15, 0.2) is 0 Å². The predicted molar refractivity (Wildman–Crippen MR) is 95.7 cm³/mol. The third-order valence-corrected chi connectivity index (χ3v) is 4.64. The first-order valence-electron chi connectivity index (χ1n) is 8.99. The summed E-state index contributed by atoms with van der Waals surface area (Å²) in [6.07, 6.45) is 3.65. The first kappa shape index (κ1) is 19.1. The molecule has 1 aliphatic rings. The molecule has 6 heteroatoms. The van der Waals surface area contributed by atoms with Gasteiger partial charge in [-0.3, -0.25) is 4.79 Å². The molecule has 0 atom stereocenters. The topological polar surface area (TPSA) is 87.7 Å². The van der Waals surface area contributed by atoms with E-state index in [0.717, 1.165) is 23.3 Å². The number of rotatable bonds is 7. The molecule has 1 aromatic carbocycles. The molecule has 0 heterocycles. The molecule has 6 nitrogen and oxygen atoms in total. The molecule has 3 N–H and O–H groups in total. The molecular formula is C19H28N2O4. The molecule has 0 aliphatic heterocycles. The first-order valence-corrected chi connectivity index (χ1v) is 8.99. The van der Waals surface area contributed by atoms with Crippen molar-refractivity contribution in [2.45, 2.75) is 58.5 Å². The maximum Gasteiger partial charge on any atom is 0.315 e. The SMILES string of the molecule is CCCOc1ccc(CNC(=O)NC2CCC(C(=O)O)CC2)c(C)c1. The Morgan fingerprint density at radius 3 is 2.56 bits per heavy atom. The highest BCUT2D eigenvalue weighted by Gasteiger charge is 2.26. The number of hydrogen-bond donors (Lipinski definition) is 3. The number of carboxylic acids is 1. The van der Waals surface area contributed by atoms with E-state index in [4.69, 9.17) is 9.84 Å². The Balaban J connectivity index is 1.75. The molecule has 1 fully saturated rings. The number of carbonyl (C=O) groups is 2. The van der Waals surface area contributed by atoms with E-state index < -0.39 is 5.97 Å². The summed E-state index contributed by atoms with van der Waals surface area (Å²) in [7, 11) is 0. The van der Waals surface area contributed by atoms with Crippen molar-refractivity contribution >= 4 is 12.0 Å². The summed E-state index contributed by atoms with van der Waals surface area (Å²) >= 11 is 0. The molecule has 0 bridgehead atoms. The van der Waals surface area contributed by atoms with Crippen LogP contribution < -0.4 is 15.4 Å². The third-order valence-electron chi connectivity index (χ3n) is 4.64. The van der Waals surface area contributed by atoms with Crippen LogP contribution in [0.4, 0.5) is 4.79 Å². The Morgan fingerprint density at radius 2 is 1.96 bits per heavy atom. The van der Waals surface area contributed by atoms with E-state index >= 15 is 0 Å². The molecule has 0 unspecified atom stereocenters. The standard InChI is InChI=1S/C19H28N2O4/c1-3-10-25-17-9-6-15(13(2)11-17)12-20-19(24)21-16-7-4-14(5-8-16)18(22)23/h6,9,11,14,16H,3-5,7-8,10,12H2,1-2H3,(H,22,23)(H2,20,21,24). The molecule has 2 amide bonds. The van der Waals surface area contributed by atoms with Crippen LogP contribution in [0.25, 0.3) is 0 Å². The molecule has 1 saturated carbocycles. The van der Waals surface area contributed by atoms with Gasteiger partial charge in [-0.1, -0.05) is 13.0 Å². The molecule has 2 rings (SSSR count). The summed E-state index contributed by atoms with van der Waals surface area (Å²) in [5.41, 5.74) is 2.13. The average molecular weight is 348 g/mol. The van der Waals surface area contributed by atoms with Gasteiger partial charge in [-0.2, -0.15) is 0 Å². The molecule has 0 aromatic heterocycles. The van der Waals surface area contributed by atoms with Gasteiger partial charge in [-0.05, 0) is 62.3 Å². The number of carbonyl (C=O) groups excluding carboxylic acids is 1. The number of carboxylic acid groups (broad SMARTS) is 1. The number of urea groups is 1. The number of nitrogens with one attached hydrogen (secondary N) is 2. The maximum absolute atomic E-state index is 12.1. The zero-order valence-corrected chi connectivity index (χ0v) is 15.0. The Morgan fingerprint density at radius 1 is 1.24 bits per heavy atom. The number of hydrogen-bond acceptors (Lipinski definition) is 3. The monoisotopic (exact) mass is 348 g/mol. The van der Waals surface area contributed by atoms with Gasteiger partial charge in [0.05, 0.1) is 12.5 Å². The van der Waals surface area contributed by atoms with E-state index in [2.05, 4.69) is 17.6 Å². The van der Waals surface area contributed by atoms with E-state index in [1.165, 1.54) is 0 Å². The zero-order chi connectivity index (χ0) is 18.2. The summed E-state index contributed by atoms with van der Waals surface area (Å²) < 4.78 is 5.60. The lowest BCUT2D eigenvalue weighted by atomic mass is 9.86. The second-order valence-electron chi connectivity index (χ2n) is 6.65. The second-order valence-corrected chi connectivity index (χ2v) is 6.65. The molecule has 1 aliphatic carbocycles. The van der Waals surface area contributed by atoms with Crippen molar-refractivity contribution in [2.75, 3.05) is 6.61 Å².